The molecular weight excluding hydrogens is 160 g/mol. The summed E-state index contributed by atoms with van der Waals surface area (Å²) in [5.41, 5.74) is 2.03. The number of rotatable bonds is 3. The molecule has 0 unspecified atom stereocenters. The van der Waals surface area contributed by atoms with Crippen molar-refractivity contribution in [1.29, 1.82) is 0 Å². The first kappa shape index (κ1) is 10.3. The van der Waals surface area contributed by atoms with E-state index in [4.69, 9.17) is 0 Å². The molecule has 1 rings (SSSR count). The molecule has 1 aromatic rings. The number of hydrogen-bond donors (Lipinski definition) is 1. The molecule has 0 bridgehead atoms. The van der Waals surface area contributed by atoms with E-state index in [0.29, 0.717) is 0 Å². The van der Waals surface area contributed by atoms with E-state index in [1.54, 1.807) is 0 Å². The van der Waals surface area contributed by atoms with Crippen molar-refractivity contribution in [1.82, 2.24) is 0 Å². The highest BCUT2D eigenvalue weighted by atomic mass is 16.3. The Morgan fingerprint density at radius 3 is 2.15 bits per heavy atom. The van der Waals surface area contributed by atoms with Crippen molar-refractivity contribution < 1.29 is 5.11 Å². The summed E-state index contributed by atoms with van der Waals surface area (Å²) in [6.07, 6.45) is 1.76. The van der Waals surface area contributed by atoms with Gasteiger partial charge in [0, 0.05) is 0 Å². The predicted molar refractivity (Wildman–Crippen MR) is 55.8 cm³/mol. The second kappa shape index (κ2) is 3.93. The summed E-state index contributed by atoms with van der Waals surface area (Å²) >= 11 is 0. The van der Waals surface area contributed by atoms with Crippen molar-refractivity contribution in [2.24, 2.45) is 0 Å². The lowest BCUT2D eigenvalue weighted by atomic mass is 9.98. The van der Waals surface area contributed by atoms with Crippen LogP contribution in [-0.4, -0.2) is 10.7 Å². The molecule has 13 heavy (non-hydrogen) atoms. The average molecular weight is 178 g/mol. The van der Waals surface area contributed by atoms with Gasteiger partial charge in [-0.05, 0) is 39.2 Å². The maximum Gasteiger partial charge on any atom is 0.0594 e. The molecule has 0 atom stereocenters. The van der Waals surface area contributed by atoms with E-state index in [1.807, 2.05) is 13.8 Å². The van der Waals surface area contributed by atoms with Gasteiger partial charge >= 0.3 is 0 Å². The van der Waals surface area contributed by atoms with Crippen LogP contribution in [0.1, 0.15) is 31.4 Å². The van der Waals surface area contributed by atoms with Crippen LogP contribution in [0.3, 0.4) is 0 Å². The van der Waals surface area contributed by atoms with Crippen LogP contribution >= 0.6 is 0 Å². The van der Waals surface area contributed by atoms with Crippen LogP contribution in [0.25, 0.3) is 0 Å². The van der Waals surface area contributed by atoms with Gasteiger partial charge in [0.25, 0.3) is 0 Å². The maximum atomic E-state index is 9.53. The van der Waals surface area contributed by atoms with Gasteiger partial charge < -0.3 is 5.11 Å². The van der Waals surface area contributed by atoms with Gasteiger partial charge in [-0.1, -0.05) is 29.8 Å². The fourth-order valence-corrected chi connectivity index (χ4v) is 1.20. The first-order chi connectivity index (χ1) is 5.97. The number of hydrogen-bond acceptors (Lipinski definition) is 1. The molecule has 0 heterocycles. The molecule has 0 aliphatic rings. The molecule has 0 aromatic heterocycles. The van der Waals surface area contributed by atoms with Gasteiger partial charge in [0.15, 0.2) is 0 Å². The summed E-state index contributed by atoms with van der Waals surface area (Å²) in [6.45, 7) is 5.78. The van der Waals surface area contributed by atoms with Crippen LogP contribution in [0.5, 0.6) is 0 Å². The van der Waals surface area contributed by atoms with E-state index in [1.165, 1.54) is 11.1 Å². The average Bonchev–Trinajstić information content (AvgIpc) is 2.02. The van der Waals surface area contributed by atoms with Gasteiger partial charge in [0.2, 0.25) is 0 Å². The van der Waals surface area contributed by atoms with Gasteiger partial charge in [-0.2, -0.15) is 0 Å². The molecule has 0 aliphatic heterocycles. The third kappa shape index (κ3) is 4.09. The molecule has 0 saturated carbocycles. The molecule has 0 saturated heterocycles. The minimum absolute atomic E-state index is 0.551. The zero-order chi connectivity index (χ0) is 9.90. The second-order valence-electron chi connectivity index (χ2n) is 4.30. The van der Waals surface area contributed by atoms with Crippen molar-refractivity contribution in [3.05, 3.63) is 35.4 Å². The molecule has 1 nitrogen and oxygen atoms in total. The van der Waals surface area contributed by atoms with Crippen LogP contribution < -0.4 is 0 Å². The van der Waals surface area contributed by atoms with Gasteiger partial charge in [0.05, 0.1) is 5.60 Å². The lowest BCUT2D eigenvalue weighted by Crippen LogP contribution is -2.19. The summed E-state index contributed by atoms with van der Waals surface area (Å²) in [4.78, 5) is 0. The summed E-state index contributed by atoms with van der Waals surface area (Å²) in [7, 11) is 0. The van der Waals surface area contributed by atoms with Gasteiger partial charge in [0.1, 0.15) is 0 Å². The number of benzene rings is 1. The lowest BCUT2D eigenvalue weighted by molar-refractivity contribution is 0.0714. The highest BCUT2D eigenvalue weighted by Crippen LogP contribution is 2.13. The predicted octanol–water partition coefficient (Wildman–Crippen LogP) is 2.70. The first-order valence-corrected chi connectivity index (χ1v) is 4.75. The quantitative estimate of drug-likeness (QED) is 0.754. The van der Waals surface area contributed by atoms with Gasteiger partial charge in [-0.15, -0.1) is 0 Å². The molecule has 72 valence electrons. The SMILES string of the molecule is Cc1ccc(CCC(C)(C)O)cc1. The first-order valence-electron chi connectivity index (χ1n) is 4.75. The minimum atomic E-state index is -0.551. The van der Waals surface area contributed by atoms with E-state index in [2.05, 4.69) is 31.2 Å². The van der Waals surface area contributed by atoms with Crippen molar-refractivity contribution >= 4 is 0 Å². The van der Waals surface area contributed by atoms with E-state index >= 15 is 0 Å². The second-order valence-corrected chi connectivity index (χ2v) is 4.30. The van der Waals surface area contributed by atoms with Crippen LogP contribution in [0.2, 0.25) is 0 Å². The van der Waals surface area contributed by atoms with Gasteiger partial charge in [-0.25, -0.2) is 0 Å². The highest BCUT2D eigenvalue weighted by Gasteiger charge is 2.11. The van der Waals surface area contributed by atoms with Crippen molar-refractivity contribution in [3.63, 3.8) is 0 Å². The topological polar surface area (TPSA) is 20.2 Å². The monoisotopic (exact) mass is 178 g/mol. The minimum Gasteiger partial charge on any atom is -0.390 e. The Hall–Kier alpha value is -0.820. The Labute approximate surface area is 80.4 Å². The molecule has 1 aromatic carbocycles. The third-order valence-electron chi connectivity index (χ3n) is 2.15. The summed E-state index contributed by atoms with van der Waals surface area (Å²) in [5, 5.41) is 9.53. The molecule has 0 fully saturated rings. The molecule has 0 aliphatic carbocycles. The largest absolute Gasteiger partial charge is 0.390 e. The lowest BCUT2D eigenvalue weighted by Gasteiger charge is -2.16. The maximum absolute atomic E-state index is 9.53. The van der Waals surface area contributed by atoms with E-state index in [-0.39, 0.29) is 0 Å². The summed E-state index contributed by atoms with van der Waals surface area (Å²) in [5.74, 6) is 0. The number of aryl methyl sites for hydroxylation is 2. The molecule has 1 N–H and O–H groups in total. The summed E-state index contributed by atoms with van der Waals surface area (Å²) < 4.78 is 0. The zero-order valence-electron chi connectivity index (χ0n) is 8.67. The Morgan fingerprint density at radius 2 is 1.69 bits per heavy atom. The molecule has 0 spiro atoms. The molecule has 0 amide bonds. The Bertz CT molecular complexity index is 253. The Kier molecular flexibility index (Phi) is 3.10. The normalized spacial score (nSPS) is 11.7. The molecule has 1 heteroatoms. The van der Waals surface area contributed by atoms with E-state index in [9.17, 15) is 5.11 Å². The highest BCUT2D eigenvalue weighted by molar-refractivity contribution is 5.21. The number of aliphatic hydroxyl groups is 1. The summed E-state index contributed by atoms with van der Waals surface area (Å²) in [6, 6.07) is 8.47. The smallest absolute Gasteiger partial charge is 0.0594 e. The van der Waals surface area contributed by atoms with Gasteiger partial charge in [-0.3, -0.25) is 0 Å². The van der Waals surface area contributed by atoms with Crippen LogP contribution in [0, 0.1) is 6.92 Å². The van der Waals surface area contributed by atoms with Crippen LogP contribution in [0.4, 0.5) is 0 Å². The van der Waals surface area contributed by atoms with Crippen LogP contribution in [-0.2, 0) is 6.42 Å². The molecule has 0 radical (unpaired) electrons. The molecular formula is C12H18O. The Morgan fingerprint density at radius 1 is 1.15 bits per heavy atom. The van der Waals surface area contributed by atoms with Crippen LogP contribution in [0.15, 0.2) is 24.3 Å². The standard InChI is InChI=1S/C12H18O/c1-10-4-6-11(7-5-10)8-9-12(2,3)13/h4-7,13H,8-9H2,1-3H3. The zero-order valence-corrected chi connectivity index (χ0v) is 8.67. The van der Waals surface area contributed by atoms with Crippen molar-refractivity contribution in [2.75, 3.05) is 0 Å². The third-order valence-corrected chi connectivity index (χ3v) is 2.15. The van der Waals surface area contributed by atoms with E-state index in [0.717, 1.165) is 12.8 Å². The van der Waals surface area contributed by atoms with Crippen molar-refractivity contribution in [2.45, 2.75) is 39.2 Å². The van der Waals surface area contributed by atoms with Crippen molar-refractivity contribution in [3.8, 4) is 0 Å². The fourth-order valence-electron chi connectivity index (χ4n) is 1.20. The fraction of sp³-hybridized carbons (Fsp3) is 0.500. The van der Waals surface area contributed by atoms with E-state index < -0.39 is 5.60 Å². The Balaban J connectivity index is 2.51.